The minimum atomic E-state index is -3.20. The topological polar surface area (TPSA) is 119 Å². The van der Waals surface area contributed by atoms with E-state index < -0.39 is 27.7 Å². The van der Waals surface area contributed by atoms with Gasteiger partial charge >= 0.3 is 11.8 Å². The highest BCUT2D eigenvalue weighted by Gasteiger charge is 2.36. The highest BCUT2D eigenvalue weighted by Crippen LogP contribution is 2.24. The van der Waals surface area contributed by atoms with Gasteiger partial charge in [0, 0.05) is 25.4 Å². The highest BCUT2D eigenvalue weighted by atomic mass is 35.5. The van der Waals surface area contributed by atoms with Gasteiger partial charge in [-0.05, 0) is 24.6 Å². The lowest BCUT2D eigenvalue weighted by molar-refractivity contribution is -0.144. The molecule has 1 aromatic rings. The van der Waals surface area contributed by atoms with Crippen molar-refractivity contribution in [2.75, 3.05) is 42.8 Å². The Balaban J connectivity index is 2.13. The van der Waals surface area contributed by atoms with Crippen molar-refractivity contribution < 1.29 is 22.7 Å². The zero-order valence-electron chi connectivity index (χ0n) is 13.7. The summed E-state index contributed by atoms with van der Waals surface area (Å²) in [5.74, 6) is -1.88. The summed E-state index contributed by atoms with van der Waals surface area (Å²) in [5.41, 5.74) is 6.26. The van der Waals surface area contributed by atoms with Crippen molar-refractivity contribution in [3.8, 4) is 0 Å². The zero-order valence-corrected chi connectivity index (χ0v) is 15.3. The van der Waals surface area contributed by atoms with Crippen LogP contribution in [-0.4, -0.2) is 62.9 Å². The maximum Gasteiger partial charge on any atom is 0.313 e. The summed E-state index contributed by atoms with van der Waals surface area (Å²) in [7, 11) is -1.74. The summed E-state index contributed by atoms with van der Waals surface area (Å²) >= 11 is 5.99. The number of carbonyl (C=O) groups is 2. The Kier molecular flexibility index (Phi) is 6.26. The number of hydrogen-bond donors (Lipinski definition) is 2. The molecule has 0 bridgehead atoms. The van der Waals surface area contributed by atoms with E-state index in [-0.39, 0.29) is 35.4 Å². The number of nitrogens with zero attached hydrogens (tertiary/aromatic N) is 1. The molecule has 1 saturated heterocycles. The maximum absolute atomic E-state index is 12.5. The quantitative estimate of drug-likeness (QED) is 0.559. The minimum absolute atomic E-state index is 0.000161. The van der Waals surface area contributed by atoms with Crippen molar-refractivity contribution in [1.82, 2.24) is 4.90 Å². The Labute approximate surface area is 151 Å². The molecule has 0 radical (unpaired) electrons. The number of halogens is 1. The van der Waals surface area contributed by atoms with E-state index >= 15 is 0 Å². The number of anilines is 2. The van der Waals surface area contributed by atoms with Crippen LogP contribution in [-0.2, 0) is 24.2 Å². The van der Waals surface area contributed by atoms with Crippen molar-refractivity contribution in [2.24, 2.45) is 0 Å². The minimum Gasteiger partial charge on any atom is -0.399 e. The number of nitrogen functional groups attached to an aromatic ring is 1. The first-order chi connectivity index (χ1) is 11.7. The van der Waals surface area contributed by atoms with Gasteiger partial charge in [-0.2, -0.15) is 0 Å². The molecule has 1 fully saturated rings. The van der Waals surface area contributed by atoms with Gasteiger partial charge in [-0.1, -0.05) is 11.6 Å². The first-order valence-electron chi connectivity index (χ1n) is 7.60. The van der Waals surface area contributed by atoms with Crippen LogP contribution in [0.25, 0.3) is 0 Å². The fourth-order valence-corrected chi connectivity index (χ4v) is 4.57. The molecule has 1 atom stereocenters. The number of ether oxygens (including phenoxy) is 1. The van der Waals surface area contributed by atoms with Gasteiger partial charge in [0.15, 0.2) is 9.84 Å². The molecular formula is C15H20ClN3O5S. The van der Waals surface area contributed by atoms with Gasteiger partial charge in [0.25, 0.3) is 0 Å². The first-order valence-corrected chi connectivity index (χ1v) is 9.80. The second-order valence-corrected chi connectivity index (χ2v) is 8.38. The summed E-state index contributed by atoms with van der Waals surface area (Å²) in [6.07, 6.45) is 0.299. The van der Waals surface area contributed by atoms with Gasteiger partial charge in [-0.15, -0.1) is 0 Å². The molecule has 10 heteroatoms. The molecule has 138 valence electrons. The lowest BCUT2D eigenvalue weighted by Crippen LogP contribution is -2.48. The molecule has 1 aliphatic heterocycles. The summed E-state index contributed by atoms with van der Waals surface area (Å²) in [4.78, 5) is 26.1. The van der Waals surface area contributed by atoms with Crippen LogP contribution in [0, 0.1) is 0 Å². The number of benzene rings is 1. The standard InChI is InChI=1S/C15H20ClN3O5S/c1-24-6-5-19(11-4-7-25(22,23)9-11)15(21)14(20)18-13-3-2-10(17)8-12(13)16/h2-3,8,11H,4-7,9,17H2,1H3,(H,18,20). The predicted octanol–water partition coefficient (Wildman–Crippen LogP) is 0.523. The number of nitrogens with two attached hydrogens (primary N) is 1. The Morgan fingerprint density at radius 2 is 2.16 bits per heavy atom. The molecule has 0 aromatic heterocycles. The van der Waals surface area contributed by atoms with Crippen LogP contribution in [0.15, 0.2) is 18.2 Å². The Morgan fingerprint density at radius 1 is 1.44 bits per heavy atom. The molecule has 1 unspecified atom stereocenters. The largest absolute Gasteiger partial charge is 0.399 e. The Hall–Kier alpha value is -1.84. The SMILES string of the molecule is COCCN(C(=O)C(=O)Nc1ccc(N)cc1Cl)C1CCS(=O)(=O)C1. The van der Waals surface area contributed by atoms with Crippen LogP contribution in [0.3, 0.4) is 0 Å². The van der Waals surface area contributed by atoms with Gasteiger partial charge < -0.3 is 20.7 Å². The third-order valence-corrected chi connectivity index (χ3v) is 5.94. The highest BCUT2D eigenvalue weighted by molar-refractivity contribution is 7.91. The van der Waals surface area contributed by atoms with Crippen LogP contribution >= 0.6 is 11.6 Å². The van der Waals surface area contributed by atoms with E-state index in [4.69, 9.17) is 22.1 Å². The molecule has 8 nitrogen and oxygen atoms in total. The molecular weight excluding hydrogens is 370 g/mol. The average molecular weight is 390 g/mol. The summed E-state index contributed by atoms with van der Waals surface area (Å²) in [6, 6.07) is 3.94. The summed E-state index contributed by atoms with van der Waals surface area (Å²) in [6.45, 7) is 0.316. The lowest BCUT2D eigenvalue weighted by Gasteiger charge is -2.27. The number of sulfone groups is 1. The molecule has 1 aliphatic rings. The smallest absolute Gasteiger partial charge is 0.313 e. The average Bonchev–Trinajstić information content (AvgIpc) is 2.90. The van der Waals surface area contributed by atoms with E-state index in [1.807, 2.05) is 0 Å². The first kappa shape index (κ1) is 19.5. The number of methoxy groups -OCH3 is 1. The molecule has 1 aromatic carbocycles. The van der Waals surface area contributed by atoms with E-state index in [2.05, 4.69) is 5.32 Å². The van der Waals surface area contributed by atoms with Crippen LogP contribution < -0.4 is 11.1 Å². The number of amides is 2. The zero-order chi connectivity index (χ0) is 18.6. The van der Waals surface area contributed by atoms with Crippen molar-refractivity contribution >= 4 is 44.6 Å². The molecule has 0 saturated carbocycles. The van der Waals surface area contributed by atoms with Crippen LogP contribution in [0.1, 0.15) is 6.42 Å². The lowest BCUT2D eigenvalue weighted by atomic mass is 10.2. The third-order valence-electron chi connectivity index (χ3n) is 3.88. The fraction of sp³-hybridized carbons (Fsp3) is 0.467. The van der Waals surface area contributed by atoms with Crippen LogP contribution in [0.5, 0.6) is 0 Å². The normalized spacial score (nSPS) is 18.7. The monoisotopic (exact) mass is 389 g/mol. The molecule has 2 rings (SSSR count). The third kappa shape index (κ3) is 5.07. The second kappa shape index (κ2) is 8.03. The van der Waals surface area contributed by atoms with Gasteiger partial charge in [-0.3, -0.25) is 9.59 Å². The summed E-state index contributed by atoms with van der Waals surface area (Å²) in [5, 5.41) is 2.63. The number of rotatable bonds is 5. The molecule has 0 aliphatic carbocycles. The number of nitrogens with one attached hydrogen (secondary N) is 1. The van der Waals surface area contributed by atoms with Crippen molar-refractivity contribution in [1.29, 1.82) is 0 Å². The van der Waals surface area contributed by atoms with Gasteiger partial charge in [0.1, 0.15) is 0 Å². The van der Waals surface area contributed by atoms with Gasteiger partial charge in [0.05, 0.1) is 28.8 Å². The van der Waals surface area contributed by atoms with E-state index in [0.717, 1.165) is 0 Å². The van der Waals surface area contributed by atoms with Crippen molar-refractivity contribution in [3.63, 3.8) is 0 Å². The van der Waals surface area contributed by atoms with Gasteiger partial charge in [0.2, 0.25) is 0 Å². The maximum atomic E-state index is 12.5. The predicted molar refractivity (Wildman–Crippen MR) is 95.1 cm³/mol. The molecule has 1 heterocycles. The van der Waals surface area contributed by atoms with E-state index in [1.54, 1.807) is 0 Å². The van der Waals surface area contributed by atoms with E-state index in [0.29, 0.717) is 12.1 Å². The van der Waals surface area contributed by atoms with Crippen molar-refractivity contribution in [3.05, 3.63) is 23.2 Å². The molecule has 2 amide bonds. The number of carbonyl (C=O) groups excluding carboxylic acids is 2. The Morgan fingerprint density at radius 3 is 2.72 bits per heavy atom. The molecule has 0 spiro atoms. The van der Waals surface area contributed by atoms with Crippen LogP contribution in [0.2, 0.25) is 5.02 Å². The van der Waals surface area contributed by atoms with E-state index in [1.165, 1.54) is 30.2 Å². The molecule has 3 N–H and O–H groups in total. The van der Waals surface area contributed by atoms with Gasteiger partial charge in [-0.25, -0.2) is 8.42 Å². The summed E-state index contributed by atoms with van der Waals surface area (Å²) < 4.78 is 28.3. The molecule has 25 heavy (non-hydrogen) atoms. The van der Waals surface area contributed by atoms with Crippen LogP contribution in [0.4, 0.5) is 11.4 Å². The van der Waals surface area contributed by atoms with Crippen molar-refractivity contribution in [2.45, 2.75) is 12.5 Å². The Bertz CT molecular complexity index is 768. The number of hydrogen-bond acceptors (Lipinski definition) is 6. The second-order valence-electron chi connectivity index (χ2n) is 5.74. The fourth-order valence-electron chi connectivity index (χ4n) is 2.60. The van der Waals surface area contributed by atoms with E-state index in [9.17, 15) is 18.0 Å².